The molecule has 156 valence electrons. The van der Waals surface area contributed by atoms with Gasteiger partial charge in [0.1, 0.15) is 17.5 Å². The van der Waals surface area contributed by atoms with Gasteiger partial charge in [-0.05, 0) is 38.5 Å². The molecule has 0 aliphatic carbocycles. The maximum absolute atomic E-state index is 4.91. The molecule has 0 radical (unpaired) electrons. The van der Waals surface area contributed by atoms with Crippen molar-refractivity contribution in [3.63, 3.8) is 0 Å². The lowest BCUT2D eigenvalue weighted by molar-refractivity contribution is 0.641. The Bertz CT molecular complexity index is 1220. The predicted octanol–water partition coefficient (Wildman–Crippen LogP) is 4.94. The summed E-state index contributed by atoms with van der Waals surface area (Å²) >= 11 is 0. The minimum atomic E-state index is 0.808. The Hall–Kier alpha value is -3.47. The quantitative estimate of drug-likeness (QED) is 0.479. The Morgan fingerprint density at radius 2 is 1.32 bits per heavy atom. The number of piperazine rings is 1. The summed E-state index contributed by atoms with van der Waals surface area (Å²) in [5.74, 6) is 2.88. The number of fused-ring (bicyclic) bond motifs is 1. The summed E-state index contributed by atoms with van der Waals surface area (Å²) in [6.07, 6.45) is 0. The van der Waals surface area contributed by atoms with E-state index in [1.54, 1.807) is 0 Å². The summed E-state index contributed by atoms with van der Waals surface area (Å²) < 4.78 is 0. The van der Waals surface area contributed by atoms with Crippen molar-refractivity contribution >= 4 is 22.5 Å². The molecule has 5 nitrogen and oxygen atoms in total. The smallest absolute Gasteiger partial charge is 0.132 e. The summed E-state index contributed by atoms with van der Waals surface area (Å²) in [6, 6.07) is 21.2. The fraction of sp³-hybridized carbons (Fsp3) is 0.269. The summed E-state index contributed by atoms with van der Waals surface area (Å²) in [5.41, 5.74) is 5.71. The Kier molecular flexibility index (Phi) is 5.02. The van der Waals surface area contributed by atoms with Crippen molar-refractivity contribution in [3.05, 3.63) is 77.6 Å². The van der Waals surface area contributed by atoms with E-state index in [0.717, 1.165) is 60.4 Å². The third-order valence-corrected chi connectivity index (χ3v) is 6.01. The normalized spacial score (nSPS) is 14.3. The first-order chi connectivity index (χ1) is 15.1. The van der Waals surface area contributed by atoms with Gasteiger partial charge in [0.2, 0.25) is 0 Å². The van der Waals surface area contributed by atoms with Crippen LogP contribution in [0.25, 0.3) is 22.2 Å². The number of anilines is 2. The zero-order valence-corrected chi connectivity index (χ0v) is 18.3. The number of pyridine rings is 1. The molecule has 1 fully saturated rings. The van der Waals surface area contributed by atoms with Crippen LogP contribution in [0.1, 0.15) is 17.0 Å². The van der Waals surface area contributed by atoms with Crippen molar-refractivity contribution in [1.82, 2.24) is 15.0 Å². The molecule has 0 saturated carbocycles. The lowest BCUT2D eigenvalue weighted by atomic mass is 10.1. The van der Waals surface area contributed by atoms with Gasteiger partial charge in [-0.15, -0.1) is 0 Å². The average Bonchev–Trinajstić information content (AvgIpc) is 2.79. The van der Waals surface area contributed by atoms with Crippen LogP contribution >= 0.6 is 0 Å². The van der Waals surface area contributed by atoms with E-state index in [4.69, 9.17) is 9.97 Å². The van der Waals surface area contributed by atoms with Gasteiger partial charge in [0.05, 0.1) is 11.2 Å². The molecule has 0 unspecified atom stereocenters. The van der Waals surface area contributed by atoms with Gasteiger partial charge in [0.25, 0.3) is 0 Å². The number of nitrogens with zero attached hydrogens (tertiary/aromatic N) is 5. The monoisotopic (exact) mass is 409 g/mol. The second-order valence-electron chi connectivity index (χ2n) is 8.31. The zero-order chi connectivity index (χ0) is 21.4. The fourth-order valence-corrected chi connectivity index (χ4v) is 4.24. The van der Waals surface area contributed by atoms with Crippen LogP contribution in [0.2, 0.25) is 0 Å². The van der Waals surface area contributed by atoms with Gasteiger partial charge in [0, 0.05) is 43.2 Å². The van der Waals surface area contributed by atoms with Crippen LogP contribution in [0.3, 0.4) is 0 Å². The van der Waals surface area contributed by atoms with Crippen molar-refractivity contribution in [1.29, 1.82) is 0 Å². The first kappa shape index (κ1) is 19.5. The Morgan fingerprint density at radius 1 is 0.677 bits per heavy atom. The number of aromatic nitrogens is 3. The minimum absolute atomic E-state index is 0.808. The SMILES string of the molecule is Cc1ccc(-c2cc(N3CCN(c4cc(C)c5ccccc5n4)CC3)nc(C)n2)cc1. The van der Waals surface area contributed by atoms with Crippen LogP contribution in [0.15, 0.2) is 60.7 Å². The summed E-state index contributed by atoms with van der Waals surface area (Å²) in [4.78, 5) is 19.1. The van der Waals surface area contributed by atoms with Crippen LogP contribution in [0.5, 0.6) is 0 Å². The molecule has 5 rings (SSSR count). The molecular weight excluding hydrogens is 382 g/mol. The van der Waals surface area contributed by atoms with E-state index in [2.05, 4.69) is 89.3 Å². The molecule has 1 aliphatic rings. The molecule has 2 aromatic carbocycles. The van der Waals surface area contributed by atoms with Crippen molar-refractivity contribution < 1.29 is 0 Å². The Morgan fingerprint density at radius 3 is 2.03 bits per heavy atom. The molecule has 31 heavy (non-hydrogen) atoms. The molecule has 5 heteroatoms. The number of benzene rings is 2. The van der Waals surface area contributed by atoms with Crippen LogP contribution in [0.4, 0.5) is 11.6 Å². The Labute approximate surface area is 183 Å². The molecule has 3 heterocycles. The van der Waals surface area contributed by atoms with E-state index in [9.17, 15) is 0 Å². The molecule has 0 N–H and O–H groups in total. The molecule has 4 aromatic rings. The van der Waals surface area contributed by atoms with Gasteiger partial charge in [-0.1, -0.05) is 48.0 Å². The van der Waals surface area contributed by atoms with E-state index < -0.39 is 0 Å². The van der Waals surface area contributed by atoms with Gasteiger partial charge in [-0.25, -0.2) is 15.0 Å². The fourth-order valence-electron chi connectivity index (χ4n) is 4.24. The van der Waals surface area contributed by atoms with Crippen molar-refractivity contribution in [2.75, 3.05) is 36.0 Å². The van der Waals surface area contributed by atoms with Gasteiger partial charge >= 0.3 is 0 Å². The molecule has 2 aromatic heterocycles. The van der Waals surface area contributed by atoms with Crippen LogP contribution in [-0.2, 0) is 0 Å². The van der Waals surface area contributed by atoms with E-state index in [1.807, 2.05) is 6.92 Å². The number of para-hydroxylation sites is 1. The maximum atomic E-state index is 4.91. The van der Waals surface area contributed by atoms with E-state index in [-0.39, 0.29) is 0 Å². The molecule has 1 aliphatic heterocycles. The minimum Gasteiger partial charge on any atom is -0.353 e. The highest BCUT2D eigenvalue weighted by atomic mass is 15.3. The van der Waals surface area contributed by atoms with Crippen LogP contribution < -0.4 is 9.80 Å². The lowest BCUT2D eigenvalue weighted by Gasteiger charge is -2.36. The van der Waals surface area contributed by atoms with Gasteiger partial charge in [0.15, 0.2) is 0 Å². The standard InChI is InChI=1S/C26H27N5/c1-18-8-10-21(11-9-18)24-17-26(28-20(3)27-24)31-14-12-30(13-15-31)25-16-19(2)22-6-4-5-7-23(22)29-25/h4-11,16-17H,12-15H2,1-3H3. The van der Waals surface area contributed by atoms with Crippen LogP contribution in [0, 0.1) is 20.8 Å². The predicted molar refractivity (Wildman–Crippen MR) is 128 cm³/mol. The first-order valence-electron chi connectivity index (χ1n) is 10.9. The van der Waals surface area contributed by atoms with Crippen molar-refractivity contribution in [2.45, 2.75) is 20.8 Å². The van der Waals surface area contributed by atoms with Gasteiger partial charge in [-0.2, -0.15) is 0 Å². The molecule has 0 spiro atoms. The largest absolute Gasteiger partial charge is 0.353 e. The Balaban J connectivity index is 1.35. The van der Waals surface area contributed by atoms with Crippen LogP contribution in [-0.4, -0.2) is 41.1 Å². The lowest BCUT2D eigenvalue weighted by Crippen LogP contribution is -2.47. The highest BCUT2D eigenvalue weighted by Gasteiger charge is 2.21. The second kappa shape index (κ2) is 7.99. The topological polar surface area (TPSA) is 45.2 Å². The van der Waals surface area contributed by atoms with Crippen molar-refractivity contribution in [2.24, 2.45) is 0 Å². The molecule has 1 saturated heterocycles. The number of aryl methyl sites for hydroxylation is 3. The average molecular weight is 410 g/mol. The third-order valence-electron chi connectivity index (χ3n) is 6.01. The summed E-state index contributed by atoms with van der Waals surface area (Å²) in [6.45, 7) is 9.92. The highest BCUT2D eigenvalue weighted by molar-refractivity contribution is 5.83. The molecule has 0 atom stereocenters. The number of hydrogen-bond acceptors (Lipinski definition) is 5. The third kappa shape index (κ3) is 3.96. The van der Waals surface area contributed by atoms with Gasteiger partial charge < -0.3 is 9.80 Å². The molecule has 0 bridgehead atoms. The summed E-state index contributed by atoms with van der Waals surface area (Å²) in [5, 5.41) is 1.23. The second-order valence-corrected chi connectivity index (χ2v) is 8.31. The first-order valence-corrected chi connectivity index (χ1v) is 10.9. The van der Waals surface area contributed by atoms with E-state index in [0.29, 0.717) is 0 Å². The number of rotatable bonds is 3. The highest BCUT2D eigenvalue weighted by Crippen LogP contribution is 2.26. The maximum Gasteiger partial charge on any atom is 0.132 e. The number of hydrogen-bond donors (Lipinski definition) is 0. The molecular formula is C26H27N5. The zero-order valence-electron chi connectivity index (χ0n) is 18.3. The summed E-state index contributed by atoms with van der Waals surface area (Å²) in [7, 11) is 0. The molecule has 0 amide bonds. The van der Waals surface area contributed by atoms with Gasteiger partial charge in [-0.3, -0.25) is 0 Å². The van der Waals surface area contributed by atoms with E-state index in [1.165, 1.54) is 16.5 Å². The van der Waals surface area contributed by atoms with E-state index >= 15 is 0 Å². The van der Waals surface area contributed by atoms with Crippen molar-refractivity contribution in [3.8, 4) is 11.3 Å².